The Hall–Kier alpha value is -0.120. The largest absolute Gasteiger partial charge is 0.378 e. The quantitative estimate of drug-likeness (QED) is 0.208. The van der Waals surface area contributed by atoms with Gasteiger partial charge in [0.1, 0.15) is 0 Å². The SMILES string of the molecule is CCCCOC1CCC2(C)C(C1)CC(OCCCC)C1C2CC(OCCCC)C2(C)C(C(C)CC)CCC12. The van der Waals surface area contributed by atoms with Crippen LogP contribution in [0.3, 0.4) is 0 Å². The van der Waals surface area contributed by atoms with Gasteiger partial charge >= 0.3 is 0 Å². The fourth-order valence-electron chi connectivity index (χ4n) is 10.1. The number of ether oxygens (including phenoxy) is 3. The number of hydrogen-bond donors (Lipinski definition) is 0. The van der Waals surface area contributed by atoms with E-state index in [9.17, 15) is 0 Å². The van der Waals surface area contributed by atoms with Gasteiger partial charge < -0.3 is 14.2 Å². The molecule has 4 aliphatic rings. The maximum Gasteiger partial charge on any atom is 0.0637 e. The standard InChI is InChI=1S/C35H64O3/c1-8-12-19-36-27-17-18-34(6)26(22-27)23-31(37-20-13-9-2)33-29-16-15-28(25(5)11-4)35(29,7)32(24-30(33)34)38-21-14-10-3/h25-33H,8-24H2,1-7H3. The van der Waals surface area contributed by atoms with Gasteiger partial charge in [-0.15, -0.1) is 0 Å². The van der Waals surface area contributed by atoms with Crippen molar-refractivity contribution in [2.75, 3.05) is 19.8 Å². The van der Waals surface area contributed by atoms with Crippen LogP contribution in [0.25, 0.3) is 0 Å². The van der Waals surface area contributed by atoms with Crippen LogP contribution >= 0.6 is 0 Å². The lowest BCUT2D eigenvalue weighted by Gasteiger charge is -2.65. The van der Waals surface area contributed by atoms with Gasteiger partial charge in [0.05, 0.1) is 18.3 Å². The van der Waals surface area contributed by atoms with E-state index < -0.39 is 0 Å². The average Bonchev–Trinajstić information content (AvgIpc) is 3.27. The topological polar surface area (TPSA) is 27.7 Å². The number of unbranched alkanes of at least 4 members (excludes halogenated alkanes) is 3. The zero-order valence-corrected chi connectivity index (χ0v) is 26.4. The third kappa shape index (κ3) is 5.92. The van der Waals surface area contributed by atoms with E-state index in [0.29, 0.717) is 35.1 Å². The molecule has 222 valence electrons. The summed E-state index contributed by atoms with van der Waals surface area (Å²) in [6, 6.07) is 0. The smallest absolute Gasteiger partial charge is 0.0637 e. The van der Waals surface area contributed by atoms with Crippen molar-refractivity contribution < 1.29 is 14.2 Å². The van der Waals surface area contributed by atoms with Crippen LogP contribution in [-0.4, -0.2) is 38.1 Å². The van der Waals surface area contributed by atoms with Crippen LogP contribution in [0.5, 0.6) is 0 Å². The lowest BCUT2D eigenvalue weighted by atomic mass is 9.43. The highest BCUT2D eigenvalue weighted by Crippen LogP contribution is 2.69. The second-order valence-electron chi connectivity index (χ2n) is 14.5. The summed E-state index contributed by atoms with van der Waals surface area (Å²) in [5.74, 6) is 4.47. The first-order chi connectivity index (χ1) is 18.3. The molecule has 0 heterocycles. The van der Waals surface area contributed by atoms with Gasteiger partial charge in [-0.25, -0.2) is 0 Å². The molecule has 4 aliphatic carbocycles. The molecule has 3 nitrogen and oxygen atoms in total. The van der Waals surface area contributed by atoms with E-state index in [-0.39, 0.29) is 0 Å². The number of hydrogen-bond acceptors (Lipinski definition) is 3. The summed E-state index contributed by atoms with van der Waals surface area (Å²) in [6.45, 7) is 20.0. The van der Waals surface area contributed by atoms with E-state index in [1.807, 2.05) is 0 Å². The molecule has 4 saturated carbocycles. The Morgan fingerprint density at radius 1 is 0.737 bits per heavy atom. The molecule has 0 aromatic carbocycles. The third-order valence-corrected chi connectivity index (χ3v) is 12.6. The molecule has 0 radical (unpaired) electrons. The van der Waals surface area contributed by atoms with E-state index in [4.69, 9.17) is 14.2 Å². The maximum absolute atomic E-state index is 6.99. The van der Waals surface area contributed by atoms with Crippen molar-refractivity contribution in [1.82, 2.24) is 0 Å². The zero-order chi connectivity index (χ0) is 27.3. The monoisotopic (exact) mass is 532 g/mol. The average molecular weight is 533 g/mol. The third-order valence-electron chi connectivity index (χ3n) is 12.6. The molecule has 0 aromatic heterocycles. The summed E-state index contributed by atoms with van der Waals surface area (Å²) in [5.41, 5.74) is 0.697. The molecule has 0 spiro atoms. The lowest BCUT2D eigenvalue weighted by molar-refractivity contribution is -0.227. The van der Waals surface area contributed by atoms with Crippen molar-refractivity contribution >= 4 is 0 Å². The second-order valence-corrected chi connectivity index (χ2v) is 14.5. The molecule has 11 unspecified atom stereocenters. The number of rotatable bonds is 14. The van der Waals surface area contributed by atoms with Crippen LogP contribution in [0.15, 0.2) is 0 Å². The molecular weight excluding hydrogens is 468 g/mol. The molecule has 3 heteroatoms. The lowest BCUT2D eigenvalue weighted by Crippen LogP contribution is -2.63. The normalized spacial score (nSPS) is 43.3. The minimum Gasteiger partial charge on any atom is -0.378 e. The predicted octanol–water partition coefficient (Wildman–Crippen LogP) is 9.47. The first kappa shape index (κ1) is 30.8. The van der Waals surface area contributed by atoms with Crippen LogP contribution in [0.2, 0.25) is 0 Å². The molecule has 38 heavy (non-hydrogen) atoms. The first-order valence-electron chi connectivity index (χ1n) is 17.2. The Morgan fingerprint density at radius 2 is 1.39 bits per heavy atom. The van der Waals surface area contributed by atoms with Crippen molar-refractivity contribution in [3.63, 3.8) is 0 Å². The van der Waals surface area contributed by atoms with Crippen molar-refractivity contribution in [2.24, 2.45) is 46.3 Å². The fraction of sp³-hybridized carbons (Fsp3) is 1.00. The highest BCUT2D eigenvalue weighted by Gasteiger charge is 2.66. The van der Waals surface area contributed by atoms with Crippen molar-refractivity contribution in [2.45, 2.75) is 157 Å². The molecule has 0 aromatic rings. The van der Waals surface area contributed by atoms with E-state index >= 15 is 0 Å². The van der Waals surface area contributed by atoms with E-state index in [1.165, 1.54) is 89.9 Å². The fourth-order valence-corrected chi connectivity index (χ4v) is 10.1. The van der Waals surface area contributed by atoms with Gasteiger partial charge in [-0.1, -0.05) is 74.1 Å². The van der Waals surface area contributed by atoms with Crippen LogP contribution in [0.1, 0.15) is 138 Å². The predicted molar refractivity (Wildman–Crippen MR) is 159 cm³/mol. The van der Waals surface area contributed by atoms with E-state index in [1.54, 1.807) is 0 Å². The van der Waals surface area contributed by atoms with Gasteiger partial charge in [0.25, 0.3) is 0 Å². The first-order valence-corrected chi connectivity index (χ1v) is 17.2. The molecule has 0 amide bonds. The summed E-state index contributed by atoms with van der Waals surface area (Å²) < 4.78 is 20.4. The van der Waals surface area contributed by atoms with Gasteiger partial charge in [0.15, 0.2) is 0 Å². The second kappa shape index (κ2) is 13.7. The molecule has 0 N–H and O–H groups in total. The van der Waals surface area contributed by atoms with Crippen LogP contribution in [-0.2, 0) is 14.2 Å². The highest BCUT2D eigenvalue weighted by atomic mass is 16.5. The molecular formula is C35H64O3. The van der Waals surface area contributed by atoms with Gasteiger partial charge in [0.2, 0.25) is 0 Å². The summed E-state index contributed by atoms with van der Waals surface area (Å²) in [5, 5.41) is 0. The number of fused-ring (bicyclic) bond motifs is 5. The molecule has 0 aliphatic heterocycles. The van der Waals surface area contributed by atoms with Crippen molar-refractivity contribution in [3.8, 4) is 0 Å². The minimum absolute atomic E-state index is 0.292. The van der Waals surface area contributed by atoms with Gasteiger partial charge in [0, 0.05) is 25.2 Å². The molecule has 0 bridgehead atoms. The summed E-state index contributed by atoms with van der Waals surface area (Å²) in [4.78, 5) is 0. The Balaban J connectivity index is 1.64. The zero-order valence-electron chi connectivity index (χ0n) is 26.4. The maximum atomic E-state index is 6.99. The molecule has 4 rings (SSSR count). The molecule has 11 atom stereocenters. The van der Waals surface area contributed by atoms with Crippen LogP contribution in [0, 0.1) is 46.3 Å². The molecule has 4 fully saturated rings. The Labute approximate surface area is 236 Å². The Morgan fingerprint density at radius 3 is 2.05 bits per heavy atom. The summed E-state index contributed by atoms with van der Waals surface area (Å²) >= 11 is 0. The van der Waals surface area contributed by atoms with Crippen molar-refractivity contribution in [1.29, 1.82) is 0 Å². The Bertz CT molecular complexity index is 709. The minimum atomic E-state index is 0.292. The van der Waals surface area contributed by atoms with E-state index in [0.717, 1.165) is 49.4 Å². The van der Waals surface area contributed by atoms with Gasteiger partial charge in [-0.05, 0) is 105 Å². The molecule has 0 saturated heterocycles. The van der Waals surface area contributed by atoms with Crippen molar-refractivity contribution in [3.05, 3.63) is 0 Å². The van der Waals surface area contributed by atoms with Crippen LogP contribution < -0.4 is 0 Å². The highest BCUT2D eigenvalue weighted by molar-refractivity contribution is 5.15. The van der Waals surface area contributed by atoms with E-state index in [2.05, 4.69) is 48.5 Å². The summed E-state index contributed by atoms with van der Waals surface area (Å²) in [6.07, 6.45) is 19.0. The Kier molecular flexibility index (Phi) is 11.1. The summed E-state index contributed by atoms with van der Waals surface area (Å²) in [7, 11) is 0. The van der Waals surface area contributed by atoms with Gasteiger partial charge in [-0.2, -0.15) is 0 Å². The van der Waals surface area contributed by atoms with Crippen LogP contribution in [0.4, 0.5) is 0 Å². The van der Waals surface area contributed by atoms with Gasteiger partial charge in [-0.3, -0.25) is 0 Å².